The zero-order valence-electron chi connectivity index (χ0n) is 19.9. The van der Waals surface area contributed by atoms with Crippen LogP contribution in [-0.4, -0.2) is 53.3 Å². The fraction of sp³-hybridized carbons (Fsp3) is 0.222. The molecule has 0 spiro atoms. The van der Waals surface area contributed by atoms with Gasteiger partial charge >= 0.3 is 0 Å². The summed E-state index contributed by atoms with van der Waals surface area (Å²) in [7, 11) is 0. The molecule has 0 aliphatic carbocycles. The van der Waals surface area contributed by atoms with Gasteiger partial charge in [0.25, 0.3) is 11.8 Å². The molecule has 6 N–H and O–H groups in total. The zero-order chi connectivity index (χ0) is 25.9. The van der Waals surface area contributed by atoms with Gasteiger partial charge in [0, 0.05) is 11.3 Å². The molecule has 9 heteroatoms. The zero-order valence-corrected chi connectivity index (χ0v) is 19.9. The molecule has 0 heterocycles. The third kappa shape index (κ3) is 7.74. The van der Waals surface area contributed by atoms with Crippen LogP contribution in [0.5, 0.6) is 0 Å². The average molecular weight is 491 g/mol. The van der Waals surface area contributed by atoms with Crippen LogP contribution < -0.4 is 21.4 Å². The Morgan fingerprint density at radius 1 is 0.861 bits per heavy atom. The van der Waals surface area contributed by atoms with E-state index in [-0.39, 0.29) is 12.5 Å². The van der Waals surface area contributed by atoms with Gasteiger partial charge in [0.2, 0.25) is 5.91 Å². The highest BCUT2D eigenvalue weighted by Gasteiger charge is 2.25. The molecule has 3 rings (SSSR count). The van der Waals surface area contributed by atoms with E-state index in [2.05, 4.69) is 28.1 Å². The van der Waals surface area contributed by atoms with Crippen LogP contribution in [0.2, 0.25) is 0 Å². The van der Waals surface area contributed by atoms with Gasteiger partial charge in [-0.3, -0.25) is 19.6 Å². The summed E-state index contributed by atoms with van der Waals surface area (Å²) in [4.78, 5) is 36.2. The van der Waals surface area contributed by atoms with Crippen molar-refractivity contribution < 1.29 is 24.7 Å². The first-order valence-corrected chi connectivity index (χ1v) is 11.5. The SMILES string of the molecule is C[C@@H](O)[C@H](NC(=O)c1ccc(-c2ccc(NC(=O)CNCCc3ccccc3)cc2)cc1)C(=O)NO. The van der Waals surface area contributed by atoms with Crippen LogP contribution in [0.4, 0.5) is 5.69 Å². The molecule has 9 nitrogen and oxygen atoms in total. The maximum absolute atomic E-state index is 12.4. The predicted molar refractivity (Wildman–Crippen MR) is 136 cm³/mol. The van der Waals surface area contributed by atoms with Crippen LogP contribution in [0.25, 0.3) is 11.1 Å². The normalized spacial score (nSPS) is 12.3. The maximum atomic E-state index is 12.4. The fourth-order valence-electron chi connectivity index (χ4n) is 3.54. The van der Waals surface area contributed by atoms with Crippen LogP contribution in [-0.2, 0) is 16.0 Å². The number of nitrogens with one attached hydrogen (secondary N) is 4. The number of benzene rings is 3. The van der Waals surface area contributed by atoms with E-state index in [1.165, 1.54) is 18.0 Å². The topological polar surface area (TPSA) is 140 Å². The van der Waals surface area contributed by atoms with Crippen molar-refractivity contribution in [2.75, 3.05) is 18.4 Å². The fourth-order valence-corrected chi connectivity index (χ4v) is 3.54. The molecule has 0 aromatic heterocycles. The summed E-state index contributed by atoms with van der Waals surface area (Å²) in [5.41, 5.74) is 5.35. The number of aliphatic hydroxyl groups excluding tert-OH is 1. The molecular formula is C27H30N4O5. The van der Waals surface area contributed by atoms with E-state index in [0.717, 1.165) is 17.5 Å². The molecule has 0 saturated heterocycles. The molecule has 0 radical (unpaired) electrons. The number of aliphatic hydroxyl groups is 1. The van der Waals surface area contributed by atoms with Gasteiger partial charge in [-0.1, -0.05) is 54.6 Å². The molecule has 188 valence electrons. The van der Waals surface area contributed by atoms with Crippen LogP contribution in [0.1, 0.15) is 22.8 Å². The average Bonchev–Trinajstić information content (AvgIpc) is 2.90. The Morgan fingerprint density at radius 3 is 2.06 bits per heavy atom. The molecule has 0 aliphatic heterocycles. The van der Waals surface area contributed by atoms with Gasteiger partial charge in [-0.15, -0.1) is 0 Å². The molecule has 0 saturated carbocycles. The van der Waals surface area contributed by atoms with E-state index in [1.807, 2.05) is 30.3 Å². The van der Waals surface area contributed by atoms with Gasteiger partial charge in [0.15, 0.2) is 0 Å². The maximum Gasteiger partial charge on any atom is 0.268 e. The Bertz CT molecular complexity index is 1150. The third-order valence-electron chi connectivity index (χ3n) is 5.53. The van der Waals surface area contributed by atoms with Crippen LogP contribution in [0.3, 0.4) is 0 Å². The summed E-state index contributed by atoms with van der Waals surface area (Å²) >= 11 is 0. The lowest BCUT2D eigenvalue weighted by molar-refractivity contribution is -0.133. The lowest BCUT2D eigenvalue weighted by atomic mass is 10.0. The van der Waals surface area contributed by atoms with E-state index < -0.39 is 24.0 Å². The quantitative estimate of drug-likeness (QED) is 0.138. The number of carbonyl (C=O) groups excluding carboxylic acids is 3. The molecule has 3 aromatic carbocycles. The Kier molecular flexibility index (Phi) is 9.70. The van der Waals surface area contributed by atoms with Crippen molar-refractivity contribution in [2.45, 2.75) is 25.5 Å². The smallest absolute Gasteiger partial charge is 0.268 e. The number of hydrogen-bond acceptors (Lipinski definition) is 6. The van der Waals surface area contributed by atoms with Gasteiger partial charge in [-0.25, -0.2) is 5.48 Å². The predicted octanol–water partition coefficient (Wildman–Crippen LogP) is 2.11. The second kappa shape index (κ2) is 13.1. The Balaban J connectivity index is 1.50. The molecule has 0 fully saturated rings. The Morgan fingerprint density at radius 2 is 1.47 bits per heavy atom. The van der Waals surface area contributed by atoms with Gasteiger partial charge in [-0.05, 0) is 60.8 Å². The summed E-state index contributed by atoms with van der Waals surface area (Å²) < 4.78 is 0. The highest BCUT2D eigenvalue weighted by Crippen LogP contribution is 2.22. The summed E-state index contributed by atoms with van der Waals surface area (Å²) in [6.07, 6.45) is -0.341. The van der Waals surface area contributed by atoms with Crippen molar-refractivity contribution >= 4 is 23.4 Å². The first-order chi connectivity index (χ1) is 17.4. The monoisotopic (exact) mass is 490 g/mol. The van der Waals surface area contributed by atoms with Crippen molar-refractivity contribution in [3.63, 3.8) is 0 Å². The minimum Gasteiger partial charge on any atom is -0.391 e. The number of carbonyl (C=O) groups is 3. The summed E-state index contributed by atoms with van der Waals surface area (Å²) in [6, 6.07) is 22.8. The molecule has 0 bridgehead atoms. The Labute approximate surface area is 209 Å². The van der Waals surface area contributed by atoms with Crippen molar-refractivity contribution in [2.24, 2.45) is 0 Å². The van der Waals surface area contributed by atoms with Crippen molar-refractivity contribution in [3.05, 3.63) is 90.0 Å². The van der Waals surface area contributed by atoms with Gasteiger partial charge < -0.3 is 21.1 Å². The lowest BCUT2D eigenvalue weighted by Gasteiger charge is -2.19. The van der Waals surface area contributed by atoms with Gasteiger partial charge in [0.1, 0.15) is 6.04 Å². The van der Waals surface area contributed by atoms with Crippen molar-refractivity contribution in [1.29, 1.82) is 0 Å². The Hall–Kier alpha value is -4.05. The van der Waals surface area contributed by atoms with Gasteiger partial charge in [0.05, 0.1) is 12.6 Å². The first kappa shape index (κ1) is 26.6. The van der Waals surface area contributed by atoms with Crippen LogP contribution in [0, 0.1) is 0 Å². The van der Waals surface area contributed by atoms with Crippen LogP contribution >= 0.6 is 0 Å². The molecular weight excluding hydrogens is 460 g/mol. The number of hydrogen-bond donors (Lipinski definition) is 6. The van der Waals surface area contributed by atoms with E-state index in [0.29, 0.717) is 17.8 Å². The van der Waals surface area contributed by atoms with E-state index in [1.54, 1.807) is 36.4 Å². The molecule has 2 atom stereocenters. The number of hydroxylamine groups is 1. The molecule has 3 aromatic rings. The van der Waals surface area contributed by atoms with Crippen LogP contribution in [0.15, 0.2) is 78.9 Å². The summed E-state index contributed by atoms with van der Waals surface area (Å²) in [5, 5.41) is 26.8. The van der Waals surface area contributed by atoms with Gasteiger partial charge in [-0.2, -0.15) is 0 Å². The number of rotatable bonds is 11. The lowest BCUT2D eigenvalue weighted by Crippen LogP contribution is -2.51. The second-order valence-corrected chi connectivity index (χ2v) is 8.28. The minimum absolute atomic E-state index is 0.128. The highest BCUT2D eigenvalue weighted by molar-refractivity contribution is 5.98. The largest absolute Gasteiger partial charge is 0.391 e. The second-order valence-electron chi connectivity index (χ2n) is 8.28. The van der Waals surface area contributed by atoms with E-state index >= 15 is 0 Å². The number of amides is 3. The van der Waals surface area contributed by atoms with E-state index in [4.69, 9.17) is 5.21 Å². The van der Waals surface area contributed by atoms with E-state index in [9.17, 15) is 19.5 Å². The molecule has 0 aliphatic rings. The minimum atomic E-state index is -1.29. The third-order valence-corrected chi connectivity index (χ3v) is 5.53. The number of anilines is 1. The van der Waals surface area contributed by atoms with Crippen molar-refractivity contribution in [1.82, 2.24) is 16.1 Å². The van der Waals surface area contributed by atoms with Crippen molar-refractivity contribution in [3.8, 4) is 11.1 Å². The standard InChI is InChI=1S/C27H30N4O5/c1-18(32)25(27(35)31-36)30-26(34)22-9-7-20(8-10-22)21-11-13-23(14-12-21)29-24(33)17-28-16-15-19-5-3-2-4-6-19/h2-14,18,25,28,32,36H,15-17H2,1H3,(H,29,33)(H,30,34)(H,31,35)/t18-,25+/m1/s1. The first-order valence-electron chi connectivity index (χ1n) is 11.5. The molecule has 3 amide bonds. The highest BCUT2D eigenvalue weighted by atomic mass is 16.5. The summed E-state index contributed by atoms with van der Waals surface area (Å²) in [5.74, 6) is -1.60. The summed E-state index contributed by atoms with van der Waals surface area (Å²) in [6.45, 7) is 2.25. The molecule has 0 unspecified atom stereocenters. The molecule has 36 heavy (non-hydrogen) atoms.